The third-order valence-electron chi connectivity index (χ3n) is 2.60. The number of methoxy groups -OCH3 is 1. The van der Waals surface area contributed by atoms with Gasteiger partial charge in [-0.2, -0.15) is 0 Å². The normalized spacial score (nSPS) is 10.1. The number of thiophene rings is 1. The van der Waals surface area contributed by atoms with E-state index >= 15 is 0 Å². The van der Waals surface area contributed by atoms with Gasteiger partial charge < -0.3 is 10.1 Å². The van der Waals surface area contributed by atoms with Crippen LogP contribution in [0.3, 0.4) is 0 Å². The van der Waals surface area contributed by atoms with E-state index in [-0.39, 0.29) is 18.1 Å². The van der Waals surface area contributed by atoms with Crippen LogP contribution in [0.4, 0.5) is 9.39 Å². The molecule has 0 spiro atoms. The maximum atomic E-state index is 12.8. The van der Waals surface area contributed by atoms with Crippen molar-refractivity contribution in [3.8, 4) is 0 Å². The van der Waals surface area contributed by atoms with Gasteiger partial charge in [0.2, 0.25) is 5.91 Å². The average molecular weight is 293 g/mol. The molecule has 0 saturated heterocycles. The molecule has 1 amide bonds. The van der Waals surface area contributed by atoms with Crippen molar-refractivity contribution in [3.05, 3.63) is 52.7 Å². The number of hydrogen-bond donors (Lipinski definition) is 1. The van der Waals surface area contributed by atoms with Crippen molar-refractivity contribution in [1.82, 2.24) is 0 Å². The number of ether oxygens (including phenoxy) is 1. The van der Waals surface area contributed by atoms with Gasteiger partial charge in [0.25, 0.3) is 0 Å². The lowest BCUT2D eigenvalue weighted by Crippen LogP contribution is -2.15. The molecule has 0 aliphatic rings. The molecule has 0 aliphatic carbocycles. The average Bonchev–Trinajstić information content (AvgIpc) is 2.88. The molecule has 0 bridgehead atoms. The topological polar surface area (TPSA) is 55.4 Å². The predicted molar refractivity (Wildman–Crippen MR) is 74.4 cm³/mol. The first-order valence-electron chi connectivity index (χ1n) is 5.80. The van der Waals surface area contributed by atoms with Crippen molar-refractivity contribution in [2.75, 3.05) is 12.4 Å². The number of carbonyl (C=O) groups is 2. The van der Waals surface area contributed by atoms with E-state index in [9.17, 15) is 14.0 Å². The quantitative estimate of drug-likeness (QED) is 0.882. The van der Waals surface area contributed by atoms with Gasteiger partial charge in [-0.1, -0.05) is 12.1 Å². The highest BCUT2D eigenvalue weighted by atomic mass is 32.1. The minimum Gasteiger partial charge on any atom is -0.465 e. The molecule has 0 fully saturated rings. The van der Waals surface area contributed by atoms with E-state index in [2.05, 4.69) is 10.1 Å². The molecule has 6 heteroatoms. The van der Waals surface area contributed by atoms with Gasteiger partial charge in [0.1, 0.15) is 10.8 Å². The first kappa shape index (κ1) is 14.2. The Kier molecular flexibility index (Phi) is 4.47. The van der Waals surface area contributed by atoms with Crippen LogP contribution in [0.15, 0.2) is 35.7 Å². The molecule has 1 aromatic heterocycles. The lowest BCUT2D eigenvalue weighted by molar-refractivity contribution is -0.115. The van der Waals surface area contributed by atoms with Crippen LogP contribution in [-0.2, 0) is 16.0 Å². The summed E-state index contributed by atoms with van der Waals surface area (Å²) in [4.78, 5) is 23.3. The molecular weight excluding hydrogens is 281 g/mol. The van der Waals surface area contributed by atoms with Gasteiger partial charge in [0.05, 0.1) is 19.1 Å². The van der Waals surface area contributed by atoms with E-state index in [1.54, 1.807) is 23.6 Å². The molecule has 2 rings (SSSR count). The largest absolute Gasteiger partial charge is 0.465 e. The lowest BCUT2D eigenvalue weighted by atomic mass is 10.1. The number of carbonyl (C=O) groups excluding carboxylic acids is 2. The first-order valence-corrected chi connectivity index (χ1v) is 6.68. The van der Waals surface area contributed by atoms with E-state index < -0.39 is 5.97 Å². The van der Waals surface area contributed by atoms with Crippen LogP contribution in [-0.4, -0.2) is 19.0 Å². The fraction of sp³-hybridized carbons (Fsp3) is 0.143. The van der Waals surface area contributed by atoms with Gasteiger partial charge in [-0.3, -0.25) is 4.79 Å². The fourth-order valence-electron chi connectivity index (χ4n) is 1.64. The Hall–Kier alpha value is -2.21. The molecule has 0 saturated carbocycles. The molecule has 1 aromatic carbocycles. The Morgan fingerprint density at radius 2 is 1.95 bits per heavy atom. The van der Waals surface area contributed by atoms with Crippen LogP contribution in [0.2, 0.25) is 0 Å². The summed E-state index contributed by atoms with van der Waals surface area (Å²) < 4.78 is 17.4. The Labute approximate surface area is 119 Å². The molecular formula is C14H12FNO3S. The van der Waals surface area contributed by atoms with E-state index in [1.165, 1.54) is 30.6 Å². The summed E-state index contributed by atoms with van der Waals surface area (Å²) in [5, 5.41) is 4.80. The Balaban J connectivity index is 2.03. The molecule has 0 radical (unpaired) electrons. The molecule has 2 aromatic rings. The second-order valence-electron chi connectivity index (χ2n) is 4.01. The molecule has 20 heavy (non-hydrogen) atoms. The minimum absolute atomic E-state index is 0.110. The molecule has 0 aliphatic heterocycles. The standard InChI is InChI=1S/C14H12FNO3S/c1-19-14(18)11-6-7-20-13(11)16-12(17)8-9-2-4-10(15)5-3-9/h2-7H,8H2,1H3,(H,16,17). The van der Waals surface area contributed by atoms with E-state index in [0.717, 1.165) is 0 Å². The van der Waals surface area contributed by atoms with E-state index in [0.29, 0.717) is 16.1 Å². The number of anilines is 1. The van der Waals surface area contributed by atoms with Gasteiger partial charge in [-0.15, -0.1) is 11.3 Å². The van der Waals surface area contributed by atoms with Crippen LogP contribution in [0, 0.1) is 5.82 Å². The van der Waals surface area contributed by atoms with Crippen molar-refractivity contribution in [2.45, 2.75) is 6.42 Å². The number of halogens is 1. The van der Waals surface area contributed by atoms with Crippen molar-refractivity contribution < 1.29 is 18.7 Å². The minimum atomic E-state index is -0.497. The van der Waals surface area contributed by atoms with Crippen molar-refractivity contribution in [3.63, 3.8) is 0 Å². The number of hydrogen-bond acceptors (Lipinski definition) is 4. The van der Waals surface area contributed by atoms with Gasteiger partial charge in [0, 0.05) is 0 Å². The maximum absolute atomic E-state index is 12.8. The summed E-state index contributed by atoms with van der Waals surface area (Å²) in [6.45, 7) is 0. The summed E-state index contributed by atoms with van der Waals surface area (Å²) in [7, 11) is 1.28. The van der Waals surface area contributed by atoms with Crippen LogP contribution in [0.1, 0.15) is 15.9 Å². The molecule has 1 heterocycles. The smallest absolute Gasteiger partial charge is 0.340 e. The predicted octanol–water partition coefficient (Wildman–Crippen LogP) is 2.86. The number of esters is 1. The highest BCUT2D eigenvalue weighted by Crippen LogP contribution is 2.24. The molecule has 0 atom stereocenters. The zero-order valence-electron chi connectivity index (χ0n) is 10.7. The Morgan fingerprint density at radius 3 is 2.60 bits per heavy atom. The number of amides is 1. The number of rotatable bonds is 4. The van der Waals surface area contributed by atoms with Crippen molar-refractivity contribution in [2.24, 2.45) is 0 Å². The summed E-state index contributed by atoms with van der Waals surface area (Å²) >= 11 is 1.24. The SMILES string of the molecule is COC(=O)c1ccsc1NC(=O)Cc1ccc(F)cc1. The van der Waals surface area contributed by atoms with E-state index in [1.807, 2.05) is 0 Å². The van der Waals surface area contributed by atoms with Crippen LogP contribution in [0.25, 0.3) is 0 Å². The van der Waals surface area contributed by atoms with Crippen molar-refractivity contribution in [1.29, 1.82) is 0 Å². The molecule has 4 nitrogen and oxygen atoms in total. The van der Waals surface area contributed by atoms with Crippen LogP contribution in [0.5, 0.6) is 0 Å². The molecule has 104 valence electrons. The third-order valence-corrected chi connectivity index (χ3v) is 3.43. The highest BCUT2D eigenvalue weighted by molar-refractivity contribution is 7.14. The van der Waals surface area contributed by atoms with Crippen molar-refractivity contribution >= 4 is 28.2 Å². The van der Waals surface area contributed by atoms with Crippen LogP contribution >= 0.6 is 11.3 Å². The van der Waals surface area contributed by atoms with Gasteiger partial charge >= 0.3 is 5.97 Å². The Morgan fingerprint density at radius 1 is 1.25 bits per heavy atom. The zero-order chi connectivity index (χ0) is 14.5. The molecule has 0 unspecified atom stereocenters. The number of benzene rings is 1. The summed E-state index contributed by atoms with van der Waals surface area (Å²) in [6, 6.07) is 7.28. The summed E-state index contributed by atoms with van der Waals surface area (Å²) in [5.74, 6) is -1.12. The summed E-state index contributed by atoms with van der Waals surface area (Å²) in [5.41, 5.74) is 1.02. The monoisotopic (exact) mass is 293 g/mol. The van der Waals surface area contributed by atoms with E-state index in [4.69, 9.17) is 0 Å². The van der Waals surface area contributed by atoms with Crippen LogP contribution < -0.4 is 5.32 Å². The second-order valence-corrected chi connectivity index (χ2v) is 4.92. The lowest BCUT2D eigenvalue weighted by Gasteiger charge is -2.05. The first-order chi connectivity index (χ1) is 9.60. The summed E-state index contributed by atoms with van der Waals surface area (Å²) in [6.07, 6.45) is 0.110. The second kappa shape index (κ2) is 6.29. The third kappa shape index (κ3) is 3.42. The van der Waals surface area contributed by atoms with Gasteiger partial charge in [-0.25, -0.2) is 9.18 Å². The zero-order valence-corrected chi connectivity index (χ0v) is 11.5. The molecule has 1 N–H and O–H groups in total. The number of nitrogens with one attached hydrogen (secondary N) is 1. The fourth-order valence-corrected chi connectivity index (χ4v) is 2.43. The van der Waals surface area contributed by atoms with Gasteiger partial charge in [-0.05, 0) is 29.1 Å². The Bertz CT molecular complexity index is 622. The van der Waals surface area contributed by atoms with Gasteiger partial charge in [0.15, 0.2) is 0 Å². The maximum Gasteiger partial charge on any atom is 0.340 e. The highest BCUT2D eigenvalue weighted by Gasteiger charge is 2.15.